The Hall–Kier alpha value is -1.17. The van der Waals surface area contributed by atoms with Crippen LogP contribution in [0.25, 0.3) is 0 Å². The number of carbonyl (C=O) groups excluding carboxylic acids is 1. The van der Waals surface area contributed by atoms with E-state index in [9.17, 15) is 9.00 Å². The van der Waals surface area contributed by atoms with Crippen molar-refractivity contribution < 1.29 is 9.00 Å². The first-order valence-electron chi connectivity index (χ1n) is 3.34. The zero-order valence-corrected chi connectivity index (χ0v) is 7.24. The Morgan fingerprint density at radius 1 is 1.67 bits per heavy atom. The van der Waals surface area contributed by atoms with Crippen molar-refractivity contribution in [2.45, 2.75) is 5.75 Å². The van der Waals surface area contributed by atoms with Crippen LogP contribution in [0.1, 0.15) is 5.69 Å². The van der Waals surface area contributed by atoms with Crippen molar-refractivity contribution in [2.24, 2.45) is 4.36 Å². The largest absolute Gasteiger partial charge is 0.361 e. The average molecular weight is 185 g/mol. The molecule has 1 aromatic heterocycles. The topological polar surface area (TPSA) is 64.3 Å². The number of amides is 1. The number of nitrogens with zero attached hydrogens (tertiary/aromatic N) is 3. The molecule has 1 amide bonds. The lowest BCUT2D eigenvalue weighted by Gasteiger charge is -2.10. The lowest BCUT2D eigenvalue weighted by Crippen LogP contribution is -2.19. The number of fused-ring (bicyclic) bond motifs is 1. The zero-order chi connectivity index (χ0) is 8.77. The molecule has 6 heteroatoms. The van der Waals surface area contributed by atoms with Gasteiger partial charge in [0.1, 0.15) is 6.33 Å². The Morgan fingerprint density at radius 2 is 2.42 bits per heavy atom. The molecule has 0 saturated heterocycles. The molecular formula is C6H7N3O2S. The van der Waals surface area contributed by atoms with Crippen molar-refractivity contribution in [2.75, 3.05) is 6.26 Å². The van der Waals surface area contributed by atoms with Crippen molar-refractivity contribution in [3.8, 4) is 0 Å². The normalized spacial score (nSPS) is 27.9. The molecule has 5 nitrogen and oxygen atoms in total. The summed E-state index contributed by atoms with van der Waals surface area (Å²) in [5.74, 6) is 0.304. The van der Waals surface area contributed by atoms with Gasteiger partial charge in [-0.2, -0.15) is 0 Å². The molecule has 0 radical (unpaired) electrons. The van der Waals surface area contributed by atoms with Crippen molar-refractivity contribution >= 4 is 15.8 Å². The van der Waals surface area contributed by atoms with Gasteiger partial charge in [0, 0.05) is 12.5 Å². The maximum atomic E-state index is 11.4. The van der Waals surface area contributed by atoms with Gasteiger partial charge in [-0.05, 0) is 0 Å². The zero-order valence-electron chi connectivity index (χ0n) is 6.43. The fourth-order valence-corrected chi connectivity index (χ4v) is 2.36. The van der Waals surface area contributed by atoms with Crippen LogP contribution in [0.3, 0.4) is 0 Å². The number of carbonyl (C=O) groups is 1. The van der Waals surface area contributed by atoms with Gasteiger partial charge in [-0.15, -0.1) is 4.36 Å². The highest BCUT2D eigenvalue weighted by atomic mass is 32.2. The van der Waals surface area contributed by atoms with Crippen molar-refractivity contribution in [3.63, 3.8) is 0 Å². The van der Waals surface area contributed by atoms with E-state index in [1.807, 2.05) is 0 Å². The molecular weight excluding hydrogens is 178 g/mol. The van der Waals surface area contributed by atoms with Crippen molar-refractivity contribution in [1.29, 1.82) is 0 Å². The standard InChI is InChI=1S/C6H7N3O2S/c1-12(11)3-5-2-7-4-9(5)6(10)8-12/h2,4H,3H2,1H3. The second-order valence-electron chi connectivity index (χ2n) is 2.73. The fourth-order valence-electron chi connectivity index (χ4n) is 1.12. The first kappa shape index (κ1) is 7.48. The Bertz CT molecular complexity index is 453. The minimum Gasteiger partial charge on any atom is -0.252 e. The molecule has 2 heterocycles. The Balaban J connectivity index is 2.65. The van der Waals surface area contributed by atoms with E-state index in [1.165, 1.54) is 23.3 Å². The molecule has 0 aromatic carbocycles. The second kappa shape index (κ2) is 2.16. The summed E-state index contributed by atoms with van der Waals surface area (Å²) in [7, 11) is -2.35. The van der Waals surface area contributed by atoms with Crippen LogP contribution in [-0.2, 0) is 15.5 Å². The highest BCUT2D eigenvalue weighted by molar-refractivity contribution is 7.92. The van der Waals surface area contributed by atoms with E-state index in [0.717, 1.165) is 0 Å². The number of imidazole rings is 1. The fraction of sp³-hybridized carbons (Fsp3) is 0.333. The van der Waals surface area contributed by atoms with Gasteiger partial charge in [-0.1, -0.05) is 0 Å². The third-order valence-corrected chi connectivity index (χ3v) is 2.98. The molecule has 1 aliphatic heterocycles. The minimum atomic E-state index is -2.35. The first-order chi connectivity index (χ1) is 5.58. The van der Waals surface area contributed by atoms with E-state index in [4.69, 9.17) is 0 Å². The van der Waals surface area contributed by atoms with E-state index >= 15 is 0 Å². The van der Waals surface area contributed by atoms with Gasteiger partial charge in [0.25, 0.3) is 0 Å². The maximum Gasteiger partial charge on any atom is 0.361 e. The van der Waals surface area contributed by atoms with E-state index in [-0.39, 0.29) is 0 Å². The summed E-state index contributed by atoms with van der Waals surface area (Å²) in [4.78, 5) is 14.9. The van der Waals surface area contributed by atoms with Crippen LogP contribution < -0.4 is 0 Å². The summed E-state index contributed by atoms with van der Waals surface area (Å²) in [6.07, 6.45) is 4.40. The van der Waals surface area contributed by atoms with Gasteiger partial charge >= 0.3 is 6.03 Å². The lowest BCUT2D eigenvalue weighted by atomic mass is 10.5. The van der Waals surface area contributed by atoms with E-state index < -0.39 is 15.8 Å². The molecule has 0 N–H and O–H groups in total. The number of hydrogen-bond donors (Lipinski definition) is 0. The van der Waals surface area contributed by atoms with E-state index in [0.29, 0.717) is 11.4 Å². The molecule has 1 unspecified atom stereocenters. The summed E-state index contributed by atoms with van der Waals surface area (Å²) in [5.41, 5.74) is 0.669. The third kappa shape index (κ3) is 1.04. The van der Waals surface area contributed by atoms with E-state index in [2.05, 4.69) is 9.35 Å². The third-order valence-electron chi connectivity index (χ3n) is 1.61. The molecule has 12 heavy (non-hydrogen) atoms. The minimum absolute atomic E-state index is 0.304. The smallest absolute Gasteiger partial charge is 0.252 e. The Kier molecular flexibility index (Phi) is 1.35. The highest BCUT2D eigenvalue weighted by Crippen LogP contribution is 2.13. The van der Waals surface area contributed by atoms with Gasteiger partial charge in [0.05, 0.1) is 21.2 Å². The van der Waals surface area contributed by atoms with Gasteiger partial charge in [0.2, 0.25) is 0 Å². The summed E-state index contributed by atoms with van der Waals surface area (Å²) >= 11 is 0. The lowest BCUT2D eigenvalue weighted by molar-refractivity contribution is 0.250. The van der Waals surface area contributed by atoms with Crippen LogP contribution in [0.15, 0.2) is 16.9 Å². The summed E-state index contributed by atoms with van der Waals surface area (Å²) in [5, 5.41) is 0. The van der Waals surface area contributed by atoms with Crippen LogP contribution in [0.5, 0.6) is 0 Å². The Labute approximate surface area is 69.6 Å². The molecule has 1 atom stereocenters. The van der Waals surface area contributed by atoms with Gasteiger partial charge in [-0.25, -0.2) is 14.0 Å². The summed E-state index contributed by atoms with van der Waals surface area (Å²) in [6.45, 7) is 0. The van der Waals surface area contributed by atoms with Gasteiger partial charge in [-0.3, -0.25) is 4.57 Å². The van der Waals surface area contributed by atoms with Crippen LogP contribution in [0, 0.1) is 0 Å². The van der Waals surface area contributed by atoms with Crippen LogP contribution in [-0.4, -0.2) is 26.0 Å². The molecule has 64 valence electrons. The van der Waals surface area contributed by atoms with Crippen molar-refractivity contribution in [3.05, 3.63) is 18.2 Å². The van der Waals surface area contributed by atoms with Crippen LogP contribution >= 0.6 is 0 Å². The van der Waals surface area contributed by atoms with Crippen molar-refractivity contribution in [1.82, 2.24) is 9.55 Å². The van der Waals surface area contributed by atoms with Crippen LogP contribution in [0.2, 0.25) is 0 Å². The number of aromatic nitrogens is 2. The summed E-state index contributed by atoms with van der Waals surface area (Å²) < 4.78 is 16.3. The predicted octanol–water partition coefficient (Wildman–Crippen LogP) is 0.463. The SMILES string of the molecule is CS1(=O)=NC(=O)n2cncc2C1. The first-order valence-corrected chi connectivity index (χ1v) is 5.43. The van der Waals surface area contributed by atoms with Gasteiger partial charge < -0.3 is 0 Å². The molecule has 2 rings (SSSR count). The van der Waals surface area contributed by atoms with Crippen LogP contribution in [0.4, 0.5) is 4.79 Å². The quantitative estimate of drug-likeness (QED) is 0.590. The maximum absolute atomic E-state index is 11.4. The average Bonchev–Trinajstić information content (AvgIpc) is 2.31. The second-order valence-corrected chi connectivity index (χ2v) is 5.12. The predicted molar refractivity (Wildman–Crippen MR) is 43.2 cm³/mol. The highest BCUT2D eigenvalue weighted by Gasteiger charge is 2.19. The molecule has 0 fully saturated rings. The monoisotopic (exact) mass is 185 g/mol. The molecule has 0 aliphatic carbocycles. The number of hydrogen-bond acceptors (Lipinski definition) is 3. The molecule has 0 saturated carbocycles. The molecule has 0 bridgehead atoms. The van der Waals surface area contributed by atoms with Gasteiger partial charge in [0.15, 0.2) is 0 Å². The Morgan fingerprint density at radius 3 is 3.17 bits per heavy atom. The molecule has 1 aromatic rings. The molecule has 0 spiro atoms. The number of rotatable bonds is 0. The molecule has 1 aliphatic rings. The summed E-state index contributed by atoms with van der Waals surface area (Å²) in [6, 6.07) is -0.485. The van der Waals surface area contributed by atoms with E-state index in [1.54, 1.807) is 0 Å².